The molecule has 0 radical (unpaired) electrons. The molecule has 3 heterocycles. The molecule has 26 heavy (non-hydrogen) atoms. The number of pyridine rings is 1. The van der Waals surface area contributed by atoms with Crippen molar-refractivity contribution in [3.05, 3.63) is 33.9 Å². The summed E-state index contributed by atoms with van der Waals surface area (Å²) in [4.78, 5) is 26.4. The lowest BCUT2D eigenvalue weighted by Gasteiger charge is -2.21. The standard InChI is InChI=1S/C19H27N5OS/c1-13-18(26-14(2)21-13)19(25)24-10-5-6-15(9-11-24)22-16-7-8-17(20-12-16)23(3)4/h7-8,12,15,22H,5-6,9-11H2,1-4H3. The smallest absolute Gasteiger partial charge is 0.265 e. The first-order chi connectivity index (χ1) is 12.4. The van der Waals surface area contributed by atoms with E-state index in [-0.39, 0.29) is 5.91 Å². The average Bonchev–Trinajstić information content (AvgIpc) is 2.81. The van der Waals surface area contributed by atoms with Gasteiger partial charge in [0.2, 0.25) is 0 Å². The van der Waals surface area contributed by atoms with Gasteiger partial charge in [0.15, 0.2) is 0 Å². The van der Waals surface area contributed by atoms with Gasteiger partial charge < -0.3 is 15.1 Å². The fourth-order valence-electron chi connectivity index (χ4n) is 3.29. The van der Waals surface area contributed by atoms with Crippen LogP contribution in [0, 0.1) is 13.8 Å². The highest BCUT2D eigenvalue weighted by molar-refractivity contribution is 7.13. The summed E-state index contributed by atoms with van der Waals surface area (Å²) in [5.41, 5.74) is 1.89. The molecule has 140 valence electrons. The Labute approximate surface area is 159 Å². The van der Waals surface area contributed by atoms with Gasteiger partial charge in [-0.25, -0.2) is 9.97 Å². The van der Waals surface area contributed by atoms with Crippen LogP contribution in [0.5, 0.6) is 0 Å². The van der Waals surface area contributed by atoms with Crippen molar-refractivity contribution in [3.63, 3.8) is 0 Å². The van der Waals surface area contributed by atoms with Gasteiger partial charge in [0.05, 0.1) is 22.6 Å². The van der Waals surface area contributed by atoms with Gasteiger partial charge in [-0.05, 0) is 45.2 Å². The lowest BCUT2D eigenvalue weighted by molar-refractivity contribution is 0.0765. The van der Waals surface area contributed by atoms with Crippen molar-refractivity contribution in [1.82, 2.24) is 14.9 Å². The second kappa shape index (κ2) is 8.03. The second-order valence-electron chi connectivity index (χ2n) is 7.01. The number of aryl methyl sites for hydroxylation is 2. The zero-order valence-electron chi connectivity index (χ0n) is 16.0. The minimum absolute atomic E-state index is 0.130. The summed E-state index contributed by atoms with van der Waals surface area (Å²) >= 11 is 1.50. The lowest BCUT2D eigenvalue weighted by Crippen LogP contribution is -2.32. The predicted molar refractivity (Wildman–Crippen MR) is 107 cm³/mol. The number of aromatic nitrogens is 2. The number of amides is 1. The Hall–Kier alpha value is -2.15. The van der Waals surface area contributed by atoms with Gasteiger partial charge in [-0.2, -0.15) is 0 Å². The van der Waals surface area contributed by atoms with E-state index in [9.17, 15) is 4.79 Å². The Balaban J connectivity index is 1.59. The van der Waals surface area contributed by atoms with Crippen molar-refractivity contribution < 1.29 is 4.79 Å². The first-order valence-corrected chi connectivity index (χ1v) is 9.89. The Morgan fingerprint density at radius 1 is 1.27 bits per heavy atom. The Morgan fingerprint density at radius 3 is 2.69 bits per heavy atom. The van der Waals surface area contributed by atoms with E-state index in [2.05, 4.69) is 21.4 Å². The number of hydrogen-bond donors (Lipinski definition) is 1. The average molecular weight is 374 g/mol. The molecule has 0 aliphatic carbocycles. The molecule has 0 bridgehead atoms. The monoisotopic (exact) mass is 373 g/mol. The molecule has 1 unspecified atom stereocenters. The second-order valence-corrected chi connectivity index (χ2v) is 8.21. The molecular weight excluding hydrogens is 346 g/mol. The van der Waals surface area contributed by atoms with Gasteiger partial charge in [-0.3, -0.25) is 4.79 Å². The molecule has 6 nitrogen and oxygen atoms in total. The van der Waals surface area contributed by atoms with Gasteiger partial charge in [0.1, 0.15) is 10.7 Å². The van der Waals surface area contributed by atoms with Crippen molar-refractivity contribution in [2.45, 2.75) is 39.2 Å². The molecule has 1 amide bonds. The Kier molecular flexibility index (Phi) is 5.76. The fraction of sp³-hybridized carbons (Fsp3) is 0.526. The topological polar surface area (TPSA) is 61.4 Å². The molecule has 1 aliphatic heterocycles. The van der Waals surface area contributed by atoms with E-state index in [4.69, 9.17) is 0 Å². The first kappa shape index (κ1) is 18.6. The summed E-state index contributed by atoms with van der Waals surface area (Å²) in [6.07, 6.45) is 4.88. The molecule has 1 aliphatic rings. The number of carbonyl (C=O) groups excluding carboxylic acids is 1. The van der Waals surface area contributed by atoms with Crippen LogP contribution in [-0.2, 0) is 0 Å². The molecule has 2 aromatic rings. The maximum Gasteiger partial charge on any atom is 0.265 e. The largest absolute Gasteiger partial charge is 0.381 e. The van der Waals surface area contributed by atoms with Crippen molar-refractivity contribution in [3.8, 4) is 0 Å². The number of thiazole rings is 1. The van der Waals surface area contributed by atoms with E-state index in [1.54, 1.807) is 0 Å². The first-order valence-electron chi connectivity index (χ1n) is 9.07. The van der Waals surface area contributed by atoms with Crippen LogP contribution in [0.1, 0.15) is 39.6 Å². The summed E-state index contributed by atoms with van der Waals surface area (Å²) in [5, 5.41) is 4.53. The lowest BCUT2D eigenvalue weighted by atomic mass is 10.1. The van der Waals surface area contributed by atoms with Crippen LogP contribution in [0.3, 0.4) is 0 Å². The van der Waals surface area contributed by atoms with E-state index in [0.717, 1.165) is 59.4 Å². The number of rotatable bonds is 4. The van der Waals surface area contributed by atoms with Crippen LogP contribution in [0.15, 0.2) is 18.3 Å². The molecule has 1 N–H and O–H groups in total. The highest BCUT2D eigenvalue weighted by Crippen LogP contribution is 2.23. The van der Waals surface area contributed by atoms with Gasteiger partial charge in [-0.15, -0.1) is 11.3 Å². The van der Waals surface area contributed by atoms with Crippen molar-refractivity contribution in [2.24, 2.45) is 0 Å². The van der Waals surface area contributed by atoms with Crippen LogP contribution in [0.4, 0.5) is 11.5 Å². The van der Waals surface area contributed by atoms with Gasteiger partial charge in [0, 0.05) is 33.2 Å². The third kappa shape index (κ3) is 4.33. The van der Waals surface area contributed by atoms with Crippen molar-refractivity contribution in [2.75, 3.05) is 37.4 Å². The molecule has 0 spiro atoms. The highest BCUT2D eigenvalue weighted by atomic mass is 32.1. The van der Waals surface area contributed by atoms with E-state index in [1.165, 1.54) is 11.3 Å². The molecule has 1 saturated heterocycles. The molecule has 1 atom stereocenters. The number of anilines is 2. The maximum absolute atomic E-state index is 12.8. The van der Waals surface area contributed by atoms with Crippen molar-refractivity contribution >= 4 is 28.7 Å². The molecule has 0 saturated carbocycles. The normalized spacial score (nSPS) is 17.7. The number of likely N-dealkylation sites (tertiary alicyclic amines) is 1. The van der Waals surface area contributed by atoms with Crippen LogP contribution in [0.2, 0.25) is 0 Å². The van der Waals surface area contributed by atoms with Crippen LogP contribution in [-0.4, -0.2) is 54.0 Å². The summed E-state index contributed by atoms with van der Waals surface area (Å²) in [6, 6.07) is 4.45. The summed E-state index contributed by atoms with van der Waals surface area (Å²) in [6.45, 7) is 5.46. The van der Waals surface area contributed by atoms with Crippen LogP contribution < -0.4 is 10.2 Å². The molecule has 3 rings (SSSR count). The van der Waals surface area contributed by atoms with Crippen LogP contribution in [0.25, 0.3) is 0 Å². The van der Waals surface area contributed by atoms with Crippen molar-refractivity contribution in [1.29, 1.82) is 0 Å². The van der Waals surface area contributed by atoms with Gasteiger partial charge in [0.25, 0.3) is 5.91 Å². The summed E-state index contributed by atoms with van der Waals surface area (Å²) in [7, 11) is 3.97. The zero-order valence-corrected chi connectivity index (χ0v) is 16.8. The molecule has 0 aromatic carbocycles. The molecule has 2 aromatic heterocycles. The fourth-order valence-corrected chi connectivity index (χ4v) is 4.18. The summed E-state index contributed by atoms with van der Waals surface area (Å²) < 4.78 is 0. The number of nitrogens with one attached hydrogen (secondary N) is 1. The molecular formula is C19H27N5OS. The van der Waals surface area contributed by atoms with E-state index in [1.807, 2.05) is 50.0 Å². The quantitative estimate of drug-likeness (QED) is 0.891. The van der Waals surface area contributed by atoms with E-state index >= 15 is 0 Å². The van der Waals surface area contributed by atoms with E-state index in [0.29, 0.717) is 6.04 Å². The van der Waals surface area contributed by atoms with E-state index < -0.39 is 0 Å². The number of nitrogens with zero attached hydrogens (tertiary/aromatic N) is 4. The minimum Gasteiger partial charge on any atom is -0.381 e. The van der Waals surface area contributed by atoms with Crippen LogP contribution >= 0.6 is 11.3 Å². The number of hydrogen-bond acceptors (Lipinski definition) is 6. The Bertz CT molecular complexity index is 756. The minimum atomic E-state index is 0.130. The molecule has 7 heteroatoms. The third-order valence-corrected chi connectivity index (χ3v) is 5.75. The molecule has 1 fully saturated rings. The summed E-state index contributed by atoms with van der Waals surface area (Å²) in [5.74, 6) is 1.08. The van der Waals surface area contributed by atoms with Gasteiger partial charge >= 0.3 is 0 Å². The zero-order chi connectivity index (χ0) is 18.7. The number of carbonyl (C=O) groups is 1. The highest BCUT2D eigenvalue weighted by Gasteiger charge is 2.24. The SMILES string of the molecule is Cc1nc(C)c(C(=O)N2CCCC(Nc3ccc(N(C)C)nc3)CC2)s1. The third-order valence-electron chi connectivity index (χ3n) is 4.69. The Morgan fingerprint density at radius 2 is 2.08 bits per heavy atom. The maximum atomic E-state index is 12.8. The van der Waals surface area contributed by atoms with Gasteiger partial charge in [-0.1, -0.05) is 0 Å². The predicted octanol–water partition coefficient (Wildman–Crippen LogP) is 3.33.